The van der Waals surface area contributed by atoms with E-state index in [0.29, 0.717) is 16.5 Å². The maximum Gasteiger partial charge on any atom is 0.338 e. The summed E-state index contributed by atoms with van der Waals surface area (Å²) in [6.07, 6.45) is 0. The fraction of sp³-hybridized carbons (Fsp3) is 0.263. The lowest BCUT2D eigenvalue weighted by Crippen LogP contribution is -2.31. The quantitative estimate of drug-likeness (QED) is 0.748. The van der Waals surface area contributed by atoms with Gasteiger partial charge < -0.3 is 19.5 Å². The molecule has 0 fully saturated rings. The molecule has 2 aromatic carbocycles. The molecule has 6 nitrogen and oxygen atoms in total. The third kappa shape index (κ3) is 5.13. The molecule has 2 rings (SSSR count). The first-order valence-electron chi connectivity index (χ1n) is 7.88. The van der Waals surface area contributed by atoms with Gasteiger partial charge in [-0.1, -0.05) is 23.7 Å². The van der Waals surface area contributed by atoms with E-state index in [4.69, 9.17) is 25.8 Å². The third-order valence-electron chi connectivity index (χ3n) is 3.68. The van der Waals surface area contributed by atoms with Gasteiger partial charge in [0.15, 0.2) is 18.1 Å². The molecule has 0 aromatic heterocycles. The molecule has 0 aliphatic rings. The van der Waals surface area contributed by atoms with Crippen molar-refractivity contribution in [1.82, 2.24) is 5.32 Å². The zero-order valence-corrected chi connectivity index (χ0v) is 15.5. The number of esters is 1. The van der Waals surface area contributed by atoms with Crippen LogP contribution in [0.15, 0.2) is 42.5 Å². The standard InChI is InChI=1S/C19H20ClNO5/c1-12(13-5-4-6-15(20)9-13)21-18(22)11-26-19(23)14-7-8-16(24-2)17(10-14)25-3/h4-10,12H,11H2,1-3H3,(H,21,22)/t12-/m1/s1. The third-order valence-corrected chi connectivity index (χ3v) is 3.91. The van der Waals surface area contributed by atoms with Gasteiger partial charge >= 0.3 is 5.97 Å². The Balaban J connectivity index is 1.91. The smallest absolute Gasteiger partial charge is 0.338 e. The van der Waals surface area contributed by atoms with Crippen molar-refractivity contribution in [2.45, 2.75) is 13.0 Å². The van der Waals surface area contributed by atoms with Crippen molar-refractivity contribution in [3.8, 4) is 11.5 Å². The normalized spacial score (nSPS) is 11.4. The van der Waals surface area contributed by atoms with Crippen LogP contribution in [0, 0.1) is 0 Å². The average Bonchev–Trinajstić information content (AvgIpc) is 2.65. The summed E-state index contributed by atoms with van der Waals surface area (Å²) in [6, 6.07) is 11.5. The summed E-state index contributed by atoms with van der Waals surface area (Å²) in [5.41, 5.74) is 1.12. The summed E-state index contributed by atoms with van der Waals surface area (Å²) in [5.74, 6) is -0.138. The van der Waals surface area contributed by atoms with Crippen LogP contribution in [0.4, 0.5) is 0 Å². The number of nitrogens with one attached hydrogen (secondary N) is 1. The summed E-state index contributed by atoms with van der Waals surface area (Å²) in [4.78, 5) is 24.1. The molecular formula is C19H20ClNO5. The highest BCUT2D eigenvalue weighted by atomic mass is 35.5. The van der Waals surface area contributed by atoms with Gasteiger partial charge in [-0.2, -0.15) is 0 Å². The number of hydrogen-bond donors (Lipinski definition) is 1. The highest BCUT2D eigenvalue weighted by molar-refractivity contribution is 6.30. The Hall–Kier alpha value is -2.73. The Morgan fingerprint density at radius 3 is 2.46 bits per heavy atom. The first-order valence-corrected chi connectivity index (χ1v) is 8.26. The summed E-state index contributed by atoms with van der Waals surface area (Å²) in [7, 11) is 2.97. The van der Waals surface area contributed by atoms with Gasteiger partial charge in [0.1, 0.15) is 0 Å². The van der Waals surface area contributed by atoms with E-state index in [1.807, 2.05) is 13.0 Å². The predicted octanol–water partition coefficient (Wildman–Crippen LogP) is 3.39. The van der Waals surface area contributed by atoms with Crippen LogP contribution in [-0.4, -0.2) is 32.7 Å². The van der Waals surface area contributed by atoms with Crippen molar-refractivity contribution in [3.05, 3.63) is 58.6 Å². The number of rotatable bonds is 7. The zero-order chi connectivity index (χ0) is 19.1. The van der Waals surface area contributed by atoms with E-state index in [-0.39, 0.29) is 11.6 Å². The molecule has 0 bridgehead atoms. The minimum atomic E-state index is -0.628. The van der Waals surface area contributed by atoms with Crippen molar-refractivity contribution in [1.29, 1.82) is 0 Å². The molecule has 1 atom stereocenters. The van der Waals surface area contributed by atoms with Crippen LogP contribution in [0.3, 0.4) is 0 Å². The fourth-order valence-corrected chi connectivity index (χ4v) is 2.52. The Bertz CT molecular complexity index is 793. The molecule has 1 amide bonds. The number of ether oxygens (including phenoxy) is 3. The number of hydrogen-bond acceptors (Lipinski definition) is 5. The van der Waals surface area contributed by atoms with E-state index < -0.39 is 18.5 Å². The van der Waals surface area contributed by atoms with Crippen molar-refractivity contribution < 1.29 is 23.8 Å². The maximum absolute atomic E-state index is 12.1. The average molecular weight is 378 g/mol. The second-order valence-electron chi connectivity index (χ2n) is 5.49. The van der Waals surface area contributed by atoms with Gasteiger partial charge in [0.2, 0.25) is 0 Å². The van der Waals surface area contributed by atoms with Gasteiger partial charge in [0, 0.05) is 5.02 Å². The molecule has 0 saturated carbocycles. The topological polar surface area (TPSA) is 73.9 Å². The van der Waals surface area contributed by atoms with E-state index in [0.717, 1.165) is 5.56 Å². The van der Waals surface area contributed by atoms with Crippen LogP contribution in [0.5, 0.6) is 11.5 Å². The first kappa shape index (κ1) is 19.6. The number of carbonyl (C=O) groups is 2. The van der Waals surface area contributed by atoms with Gasteiger partial charge in [-0.3, -0.25) is 4.79 Å². The van der Waals surface area contributed by atoms with Crippen LogP contribution in [0.2, 0.25) is 5.02 Å². The first-order chi connectivity index (χ1) is 12.4. The molecule has 2 aromatic rings. The number of benzene rings is 2. The van der Waals surface area contributed by atoms with Gasteiger partial charge in [0.05, 0.1) is 25.8 Å². The lowest BCUT2D eigenvalue weighted by Gasteiger charge is -2.15. The van der Waals surface area contributed by atoms with Crippen LogP contribution in [0.1, 0.15) is 28.9 Å². The number of methoxy groups -OCH3 is 2. The van der Waals surface area contributed by atoms with E-state index in [1.165, 1.54) is 26.4 Å². The summed E-state index contributed by atoms with van der Waals surface area (Å²) in [5, 5.41) is 3.34. The molecule has 26 heavy (non-hydrogen) atoms. The molecule has 0 aliphatic carbocycles. The van der Waals surface area contributed by atoms with Gasteiger partial charge in [0.25, 0.3) is 5.91 Å². The van der Waals surface area contributed by atoms with Crippen LogP contribution < -0.4 is 14.8 Å². The molecule has 138 valence electrons. The molecule has 0 unspecified atom stereocenters. The van der Waals surface area contributed by atoms with Crippen LogP contribution in [0.25, 0.3) is 0 Å². The Morgan fingerprint density at radius 1 is 1.08 bits per heavy atom. The molecule has 7 heteroatoms. The Labute approximate surface area is 157 Å². The maximum atomic E-state index is 12.1. The largest absolute Gasteiger partial charge is 0.493 e. The Kier molecular flexibility index (Phi) is 6.86. The second kappa shape index (κ2) is 9.10. The molecular weight excluding hydrogens is 358 g/mol. The van der Waals surface area contributed by atoms with Crippen molar-refractivity contribution in [2.24, 2.45) is 0 Å². The SMILES string of the molecule is COc1ccc(C(=O)OCC(=O)N[C@H](C)c2cccc(Cl)c2)cc1OC. The van der Waals surface area contributed by atoms with Gasteiger partial charge in [-0.25, -0.2) is 4.79 Å². The molecule has 0 radical (unpaired) electrons. The van der Waals surface area contributed by atoms with E-state index in [1.54, 1.807) is 24.3 Å². The Morgan fingerprint density at radius 2 is 1.81 bits per heavy atom. The van der Waals surface area contributed by atoms with Crippen molar-refractivity contribution >= 4 is 23.5 Å². The highest BCUT2D eigenvalue weighted by Gasteiger charge is 2.15. The summed E-state index contributed by atoms with van der Waals surface area (Å²) >= 11 is 5.94. The number of halogens is 1. The lowest BCUT2D eigenvalue weighted by molar-refractivity contribution is -0.124. The van der Waals surface area contributed by atoms with Crippen molar-refractivity contribution in [3.63, 3.8) is 0 Å². The number of carbonyl (C=O) groups excluding carboxylic acids is 2. The highest BCUT2D eigenvalue weighted by Crippen LogP contribution is 2.27. The summed E-state index contributed by atoms with van der Waals surface area (Å²) in [6.45, 7) is 1.43. The van der Waals surface area contributed by atoms with E-state index in [2.05, 4.69) is 5.32 Å². The van der Waals surface area contributed by atoms with E-state index >= 15 is 0 Å². The fourth-order valence-electron chi connectivity index (χ4n) is 2.32. The van der Waals surface area contributed by atoms with Gasteiger partial charge in [-0.05, 0) is 42.8 Å². The van der Waals surface area contributed by atoms with Crippen molar-refractivity contribution in [2.75, 3.05) is 20.8 Å². The summed E-state index contributed by atoms with van der Waals surface area (Å²) < 4.78 is 15.3. The second-order valence-corrected chi connectivity index (χ2v) is 5.93. The molecule has 0 saturated heterocycles. The molecule has 0 aliphatic heterocycles. The van der Waals surface area contributed by atoms with Crippen LogP contribution in [-0.2, 0) is 9.53 Å². The molecule has 0 heterocycles. The number of amides is 1. The molecule has 1 N–H and O–H groups in total. The van der Waals surface area contributed by atoms with E-state index in [9.17, 15) is 9.59 Å². The van der Waals surface area contributed by atoms with Gasteiger partial charge in [-0.15, -0.1) is 0 Å². The minimum absolute atomic E-state index is 0.262. The minimum Gasteiger partial charge on any atom is -0.493 e. The lowest BCUT2D eigenvalue weighted by atomic mass is 10.1. The zero-order valence-electron chi connectivity index (χ0n) is 14.7. The van der Waals surface area contributed by atoms with Crippen LogP contribution >= 0.6 is 11.6 Å². The monoisotopic (exact) mass is 377 g/mol. The predicted molar refractivity (Wildman–Crippen MR) is 97.8 cm³/mol. The molecule has 0 spiro atoms.